The van der Waals surface area contributed by atoms with E-state index < -0.39 is 6.10 Å². The van der Waals surface area contributed by atoms with Crippen molar-refractivity contribution >= 4 is 0 Å². The van der Waals surface area contributed by atoms with Gasteiger partial charge in [-0.3, -0.25) is 0 Å². The molecule has 1 aromatic heterocycles. The topological polar surface area (TPSA) is 54.6 Å². The van der Waals surface area contributed by atoms with Crippen molar-refractivity contribution in [1.82, 2.24) is 5.32 Å². The van der Waals surface area contributed by atoms with Crippen molar-refractivity contribution in [2.24, 2.45) is 5.92 Å². The Balaban J connectivity index is 2.00. The van der Waals surface area contributed by atoms with Crippen LogP contribution in [0, 0.1) is 5.92 Å². The first-order valence-corrected chi connectivity index (χ1v) is 7.59. The van der Waals surface area contributed by atoms with Gasteiger partial charge < -0.3 is 19.6 Å². The third kappa shape index (κ3) is 8.35. The standard InChI is InChI=1S/C16H29NO3/c1-13(2)6-4-8-19-12-15(18)11-17-14(3)10-16-7-5-9-20-16/h5,7,9,13-15,17-18H,4,6,8,10-12H2,1-3H3. The van der Waals surface area contributed by atoms with Crippen LogP contribution in [-0.2, 0) is 11.2 Å². The van der Waals surface area contributed by atoms with Crippen molar-refractivity contribution < 1.29 is 14.3 Å². The maximum atomic E-state index is 9.82. The first-order valence-electron chi connectivity index (χ1n) is 7.59. The van der Waals surface area contributed by atoms with E-state index in [1.165, 1.54) is 6.42 Å². The van der Waals surface area contributed by atoms with Crippen molar-refractivity contribution in [3.63, 3.8) is 0 Å². The second-order valence-electron chi connectivity index (χ2n) is 5.86. The molecule has 1 rings (SSSR count). The van der Waals surface area contributed by atoms with E-state index in [0.29, 0.717) is 19.1 Å². The molecule has 1 heterocycles. The summed E-state index contributed by atoms with van der Waals surface area (Å²) in [6.45, 7) is 8.18. The van der Waals surface area contributed by atoms with E-state index in [-0.39, 0.29) is 6.04 Å². The number of rotatable bonds is 11. The van der Waals surface area contributed by atoms with E-state index in [1.807, 2.05) is 12.1 Å². The summed E-state index contributed by atoms with van der Waals surface area (Å²) in [5.74, 6) is 1.68. The number of nitrogens with one attached hydrogen (secondary N) is 1. The lowest BCUT2D eigenvalue weighted by atomic mass is 10.1. The Kier molecular flexibility index (Phi) is 8.58. The fourth-order valence-electron chi connectivity index (χ4n) is 2.01. The molecule has 116 valence electrons. The first-order chi connectivity index (χ1) is 9.58. The summed E-state index contributed by atoms with van der Waals surface area (Å²) in [5.41, 5.74) is 0. The molecule has 0 aliphatic rings. The Bertz CT molecular complexity index is 324. The lowest BCUT2D eigenvalue weighted by molar-refractivity contribution is 0.0336. The van der Waals surface area contributed by atoms with Gasteiger partial charge in [-0.25, -0.2) is 0 Å². The van der Waals surface area contributed by atoms with Gasteiger partial charge in [0.15, 0.2) is 0 Å². The smallest absolute Gasteiger partial charge is 0.105 e. The summed E-state index contributed by atoms with van der Waals surface area (Å²) in [7, 11) is 0. The van der Waals surface area contributed by atoms with Crippen LogP contribution in [0.15, 0.2) is 22.8 Å². The van der Waals surface area contributed by atoms with Crippen molar-refractivity contribution in [3.8, 4) is 0 Å². The monoisotopic (exact) mass is 283 g/mol. The molecule has 0 aromatic carbocycles. The van der Waals surface area contributed by atoms with Gasteiger partial charge in [-0.2, -0.15) is 0 Å². The van der Waals surface area contributed by atoms with Gasteiger partial charge in [-0.1, -0.05) is 13.8 Å². The molecule has 0 radical (unpaired) electrons. The molecule has 4 nitrogen and oxygen atoms in total. The van der Waals surface area contributed by atoms with E-state index in [4.69, 9.17) is 9.15 Å². The molecule has 0 saturated carbocycles. The maximum absolute atomic E-state index is 9.82. The average molecular weight is 283 g/mol. The van der Waals surface area contributed by atoms with Crippen LogP contribution in [0.3, 0.4) is 0 Å². The lowest BCUT2D eigenvalue weighted by Crippen LogP contribution is -2.37. The molecule has 0 fully saturated rings. The molecule has 0 amide bonds. The number of hydrogen-bond acceptors (Lipinski definition) is 4. The van der Waals surface area contributed by atoms with Crippen molar-refractivity contribution in [3.05, 3.63) is 24.2 Å². The average Bonchev–Trinajstić information content (AvgIpc) is 2.88. The number of ether oxygens (including phenoxy) is 1. The lowest BCUT2D eigenvalue weighted by Gasteiger charge is -2.16. The Hall–Kier alpha value is -0.840. The number of furan rings is 1. The molecule has 0 spiro atoms. The maximum Gasteiger partial charge on any atom is 0.105 e. The van der Waals surface area contributed by atoms with Gasteiger partial charge in [0.1, 0.15) is 5.76 Å². The summed E-state index contributed by atoms with van der Waals surface area (Å²) in [4.78, 5) is 0. The van der Waals surface area contributed by atoms with Gasteiger partial charge in [0.2, 0.25) is 0 Å². The molecule has 2 N–H and O–H groups in total. The van der Waals surface area contributed by atoms with Gasteiger partial charge in [0.05, 0.1) is 19.0 Å². The highest BCUT2D eigenvalue weighted by molar-refractivity contribution is 4.99. The van der Waals surface area contributed by atoms with E-state index in [0.717, 1.165) is 25.2 Å². The van der Waals surface area contributed by atoms with Gasteiger partial charge in [0.25, 0.3) is 0 Å². The minimum Gasteiger partial charge on any atom is -0.469 e. The second-order valence-corrected chi connectivity index (χ2v) is 5.86. The Morgan fingerprint density at radius 3 is 2.80 bits per heavy atom. The van der Waals surface area contributed by atoms with Crippen LogP contribution in [0.4, 0.5) is 0 Å². The Morgan fingerprint density at radius 2 is 2.15 bits per heavy atom. The molecule has 0 aliphatic carbocycles. The van der Waals surface area contributed by atoms with Crippen molar-refractivity contribution in [2.75, 3.05) is 19.8 Å². The van der Waals surface area contributed by atoms with Crippen LogP contribution in [-0.4, -0.2) is 37.0 Å². The normalized spacial score (nSPS) is 14.7. The van der Waals surface area contributed by atoms with E-state index >= 15 is 0 Å². The molecule has 0 saturated heterocycles. The molecule has 0 aliphatic heterocycles. The molecule has 20 heavy (non-hydrogen) atoms. The van der Waals surface area contributed by atoms with Gasteiger partial charge >= 0.3 is 0 Å². The minimum atomic E-state index is -0.451. The fourth-order valence-corrected chi connectivity index (χ4v) is 2.01. The zero-order chi connectivity index (χ0) is 14.8. The molecule has 0 bridgehead atoms. The minimum absolute atomic E-state index is 0.275. The number of aliphatic hydroxyl groups is 1. The summed E-state index contributed by atoms with van der Waals surface area (Å²) in [5, 5.41) is 13.1. The predicted molar refractivity (Wildman–Crippen MR) is 80.8 cm³/mol. The first kappa shape index (κ1) is 17.2. The zero-order valence-electron chi connectivity index (χ0n) is 13.0. The largest absolute Gasteiger partial charge is 0.469 e. The Morgan fingerprint density at radius 1 is 1.35 bits per heavy atom. The quantitative estimate of drug-likeness (QED) is 0.613. The molecular formula is C16H29NO3. The van der Waals surface area contributed by atoms with Crippen molar-refractivity contribution in [2.45, 2.75) is 52.2 Å². The molecule has 2 atom stereocenters. The van der Waals surface area contributed by atoms with E-state index in [9.17, 15) is 5.11 Å². The van der Waals surface area contributed by atoms with E-state index in [2.05, 4.69) is 26.1 Å². The van der Waals surface area contributed by atoms with Gasteiger partial charge in [-0.05, 0) is 37.8 Å². The molecule has 4 heteroatoms. The van der Waals surface area contributed by atoms with Crippen molar-refractivity contribution in [1.29, 1.82) is 0 Å². The third-order valence-electron chi connectivity index (χ3n) is 3.17. The highest BCUT2D eigenvalue weighted by Gasteiger charge is 2.09. The van der Waals surface area contributed by atoms with Crippen LogP contribution in [0.5, 0.6) is 0 Å². The Labute approximate surface area is 122 Å². The highest BCUT2D eigenvalue weighted by Crippen LogP contribution is 2.04. The van der Waals surface area contributed by atoms with Crippen LogP contribution in [0.2, 0.25) is 0 Å². The van der Waals surface area contributed by atoms with Gasteiger partial charge in [0, 0.05) is 25.6 Å². The van der Waals surface area contributed by atoms with Crippen LogP contribution < -0.4 is 5.32 Å². The highest BCUT2D eigenvalue weighted by atomic mass is 16.5. The summed E-state index contributed by atoms with van der Waals surface area (Å²) < 4.78 is 10.8. The number of hydrogen-bond donors (Lipinski definition) is 2. The summed E-state index contributed by atoms with van der Waals surface area (Å²) in [6.07, 6.45) is 4.30. The van der Waals surface area contributed by atoms with Crippen LogP contribution in [0.25, 0.3) is 0 Å². The number of aliphatic hydroxyl groups excluding tert-OH is 1. The van der Waals surface area contributed by atoms with Gasteiger partial charge in [-0.15, -0.1) is 0 Å². The third-order valence-corrected chi connectivity index (χ3v) is 3.17. The predicted octanol–water partition coefficient (Wildman–Crippen LogP) is 2.61. The summed E-state index contributed by atoms with van der Waals surface area (Å²) in [6, 6.07) is 4.13. The van der Waals surface area contributed by atoms with Crippen LogP contribution >= 0.6 is 0 Å². The summed E-state index contributed by atoms with van der Waals surface area (Å²) >= 11 is 0. The second kappa shape index (κ2) is 9.97. The molecular weight excluding hydrogens is 254 g/mol. The zero-order valence-corrected chi connectivity index (χ0v) is 13.0. The fraction of sp³-hybridized carbons (Fsp3) is 0.750. The molecule has 1 aromatic rings. The van der Waals surface area contributed by atoms with Crippen LogP contribution in [0.1, 0.15) is 39.4 Å². The molecule has 2 unspecified atom stereocenters. The van der Waals surface area contributed by atoms with E-state index in [1.54, 1.807) is 6.26 Å². The SMILES string of the molecule is CC(C)CCCOCC(O)CNC(C)Cc1ccco1.